The smallest absolute Gasteiger partial charge is 0.161 e. The van der Waals surface area contributed by atoms with Crippen molar-refractivity contribution in [3.8, 4) is 11.5 Å². The molecule has 122 valence electrons. The van der Waals surface area contributed by atoms with Crippen LogP contribution < -0.4 is 9.47 Å². The molecule has 1 aromatic rings. The van der Waals surface area contributed by atoms with Crippen molar-refractivity contribution >= 4 is 17.3 Å². The molecule has 0 saturated heterocycles. The second-order valence-electron chi connectivity index (χ2n) is 6.28. The number of methoxy groups -OCH3 is 2. The van der Waals surface area contributed by atoms with Crippen molar-refractivity contribution in [1.29, 1.82) is 0 Å². The van der Waals surface area contributed by atoms with Crippen LogP contribution in [0.15, 0.2) is 18.2 Å². The van der Waals surface area contributed by atoms with Gasteiger partial charge >= 0.3 is 0 Å². The molecule has 1 spiro atoms. The van der Waals surface area contributed by atoms with Crippen LogP contribution in [-0.2, 0) is 14.4 Å². The first-order chi connectivity index (χ1) is 11.0. The van der Waals surface area contributed by atoms with Gasteiger partial charge in [-0.05, 0) is 30.5 Å². The van der Waals surface area contributed by atoms with Crippen LogP contribution in [0, 0.1) is 5.41 Å². The first-order valence-corrected chi connectivity index (χ1v) is 7.83. The van der Waals surface area contributed by atoms with E-state index in [4.69, 9.17) is 9.47 Å². The lowest BCUT2D eigenvalue weighted by Crippen LogP contribution is -2.41. The molecule has 0 heterocycles. The minimum atomic E-state index is -1.02. The summed E-state index contributed by atoms with van der Waals surface area (Å²) >= 11 is 0. The van der Waals surface area contributed by atoms with E-state index in [0.717, 1.165) is 5.56 Å². The van der Waals surface area contributed by atoms with Gasteiger partial charge in [-0.2, -0.15) is 0 Å². The summed E-state index contributed by atoms with van der Waals surface area (Å²) in [6.45, 7) is 0. The van der Waals surface area contributed by atoms with Gasteiger partial charge in [0.15, 0.2) is 11.5 Å². The zero-order chi connectivity index (χ0) is 16.6. The molecule has 2 saturated carbocycles. The summed E-state index contributed by atoms with van der Waals surface area (Å²) < 4.78 is 10.5. The van der Waals surface area contributed by atoms with Crippen LogP contribution in [0.1, 0.15) is 43.6 Å². The summed E-state index contributed by atoms with van der Waals surface area (Å²) in [6.07, 6.45) is 1.60. The normalized spacial score (nSPS) is 23.4. The van der Waals surface area contributed by atoms with Crippen molar-refractivity contribution in [2.75, 3.05) is 14.2 Å². The van der Waals surface area contributed by atoms with Gasteiger partial charge in [-0.1, -0.05) is 6.07 Å². The van der Waals surface area contributed by atoms with E-state index in [0.29, 0.717) is 24.3 Å². The third-order valence-corrected chi connectivity index (χ3v) is 5.18. The monoisotopic (exact) mass is 316 g/mol. The van der Waals surface area contributed by atoms with Crippen molar-refractivity contribution < 1.29 is 23.9 Å². The molecule has 2 aliphatic carbocycles. The minimum Gasteiger partial charge on any atom is -0.493 e. The first-order valence-electron chi connectivity index (χ1n) is 7.83. The van der Waals surface area contributed by atoms with Gasteiger partial charge < -0.3 is 9.47 Å². The Labute approximate surface area is 135 Å². The average Bonchev–Trinajstić information content (AvgIpc) is 2.82. The average molecular weight is 316 g/mol. The number of rotatable bonds is 3. The molecule has 23 heavy (non-hydrogen) atoms. The Morgan fingerprint density at radius 2 is 1.65 bits per heavy atom. The Bertz CT molecular complexity index is 660. The van der Waals surface area contributed by atoms with Gasteiger partial charge in [0, 0.05) is 25.2 Å². The summed E-state index contributed by atoms with van der Waals surface area (Å²) in [6, 6.07) is 5.43. The number of hydrogen-bond donors (Lipinski definition) is 0. The van der Waals surface area contributed by atoms with Crippen LogP contribution in [0.25, 0.3) is 0 Å². The topological polar surface area (TPSA) is 69.7 Å². The first kappa shape index (κ1) is 15.7. The van der Waals surface area contributed by atoms with Crippen molar-refractivity contribution in [3.63, 3.8) is 0 Å². The standard InChI is InChI=1S/C18H20O5/c1-22-14-4-3-11(9-15(14)23-2)12-7-8-18(10-13(12)19)16(20)5-6-17(18)21/h3-4,9,12H,5-8,10H2,1-2H3. The Balaban J connectivity index is 1.86. The molecule has 3 rings (SSSR count). The second-order valence-corrected chi connectivity index (χ2v) is 6.28. The number of ether oxygens (including phenoxy) is 2. The number of benzene rings is 1. The number of carbonyl (C=O) groups is 3. The predicted octanol–water partition coefficient (Wildman–Crippen LogP) is 2.46. The zero-order valence-electron chi connectivity index (χ0n) is 13.4. The lowest BCUT2D eigenvalue weighted by molar-refractivity contribution is -0.143. The molecular formula is C18H20O5. The van der Waals surface area contributed by atoms with Gasteiger partial charge in [0.1, 0.15) is 17.3 Å². The molecule has 0 aliphatic heterocycles. The van der Waals surface area contributed by atoms with Gasteiger partial charge in [-0.15, -0.1) is 0 Å². The maximum atomic E-state index is 12.6. The largest absolute Gasteiger partial charge is 0.493 e. The van der Waals surface area contributed by atoms with Gasteiger partial charge in [0.25, 0.3) is 0 Å². The molecule has 1 unspecified atom stereocenters. The minimum absolute atomic E-state index is 0.0351. The van der Waals surface area contributed by atoms with Gasteiger partial charge in [0.2, 0.25) is 0 Å². The van der Waals surface area contributed by atoms with E-state index in [1.165, 1.54) is 0 Å². The maximum Gasteiger partial charge on any atom is 0.161 e. The quantitative estimate of drug-likeness (QED) is 0.801. The highest BCUT2D eigenvalue weighted by atomic mass is 16.5. The molecule has 0 bridgehead atoms. The Morgan fingerprint density at radius 3 is 2.22 bits per heavy atom. The number of ketones is 3. The summed E-state index contributed by atoms with van der Waals surface area (Å²) in [4.78, 5) is 36.9. The molecule has 5 nitrogen and oxygen atoms in total. The van der Waals surface area contributed by atoms with E-state index in [2.05, 4.69) is 0 Å². The fourth-order valence-corrected chi connectivity index (χ4v) is 3.82. The van der Waals surface area contributed by atoms with Crippen LogP contribution in [0.3, 0.4) is 0 Å². The molecular weight excluding hydrogens is 296 g/mol. The fourth-order valence-electron chi connectivity index (χ4n) is 3.82. The van der Waals surface area contributed by atoms with Crippen molar-refractivity contribution in [3.05, 3.63) is 23.8 Å². The highest BCUT2D eigenvalue weighted by molar-refractivity contribution is 6.15. The van der Waals surface area contributed by atoms with Crippen LogP contribution in [0.5, 0.6) is 11.5 Å². The summed E-state index contributed by atoms with van der Waals surface area (Å²) in [5, 5.41) is 0. The molecule has 1 aromatic carbocycles. The van der Waals surface area contributed by atoms with E-state index in [1.54, 1.807) is 26.4 Å². The predicted molar refractivity (Wildman–Crippen MR) is 82.8 cm³/mol. The third kappa shape index (κ3) is 2.44. The Hall–Kier alpha value is -2.17. The molecule has 5 heteroatoms. The lowest BCUT2D eigenvalue weighted by atomic mass is 9.66. The fraction of sp³-hybridized carbons (Fsp3) is 0.500. The van der Waals surface area contributed by atoms with Gasteiger partial charge in [0.05, 0.1) is 19.6 Å². The molecule has 0 amide bonds. The van der Waals surface area contributed by atoms with Crippen LogP contribution >= 0.6 is 0 Å². The SMILES string of the molecule is COc1ccc(C2CCC3(CC2=O)C(=O)CCC3=O)cc1OC. The number of carbonyl (C=O) groups excluding carboxylic acids is 3. The van der Waals surface area contributed by atoms with E-state index in [9.17, 15) is 14.4 Å². The number of Topliss-reactive ketones (excluding diaryl/α,β-unsaturated/α-hetero) is 3. The molecule has 1 atom stereocenters. The Morgan fingerprint density at radius 1 is 1.00 bits per heavy atom. The van der Waals surface area contributed by atoms with Crippen LogP contribution in [-0.4, -0.2) is 31.6 Å². The molecule has 2 aliphatic rings. The Kier molecular flexibility index (Phi) is 3.96. The molecule has 2 fully saturated rings. The van der Waals surface area contributed by atoms with Crippen LogP contribution in [0.4, 0.5) is 0 Å². The third-order valence-electron chi connectivity index (χ3n) is 5.18. The van der Waals surface area contributed by atoms with Crippen molar-refractivity contribution in [1.82, 2.24) is 0 Å². The number of hydrogen-bond acceptors (Lipinski definition) is 5. The van der Waals surface area contributed by atoms with Crippen LogP contribution in [0.2, 0.25) is 0 Å². The summed E-state index contributed by atoms with van der Waals surface area (Å²) in [5.74, 6) is 0.750. The van der Waals surface area contributed by atoms with E-state index in [-0.39, 0.29) is 42.5 Å². The lowest BCUT2D eigenvalue weighted by Gasteiger charge is -2.33. The van der Waals surface area contributed by atoms with Gasteiger partial charge in [-0.3, -0.25) is 14.4 Å². The van der Waals surface area contributed by atoms with E-state index >= 15 is 0 Å². The maximum absolute atomic E-state index is 12.6. The molecule has 0 N–H and O–H groups in total. The second kappa shape index (κ2) is 5.80. The van der Waals surface area contributed by atoms with Crippen molar-refractivity contribution in [2.24, 2.45) is 5.41 Å². The molecule has 0 radical (unpaired) electrons. The molecule has 0 aromatic heterocycles. The van der Waals surface area contributed by atoms with Gasteiger partial charge in [-0.25, -0.2) is 0 Å². The highest BCUT2D eigenvalue weighted by Crippen LogP contribution is 2.47. The highest BCUT2D eigenvalue weighted by Gasteiger charge is 2.53. The zero-order valence-corrected chi connectivity index (χ0v) is 13.4. The van der Waals surface area contributed by atoms with E-state index in [1.807, 2.05) is 6.07 Å². The summed E-state index contributed by atoms with van der Waals surface area (Å²) in [5.41, 5.74) is -0.176. The van der Waals surface area contributed by atoms with Crippen molar-refractivity contribution in [2.45, 2.75) is 38.0 Å². The summed E-state index contributed by atoms with van der Waals surface area (Å²) in [7, 11) is 3.11. The van der Waals surface area contributed by atoms with E-state index < -0.39 is 5.41 Å².